The molecule has 0 aromatic carbocycles. The smallest absolute Gasteiger partial charge is 0.306 e. The lowest BCUT2D eigenvalue weighted by atomic mass is 9.98. The van der Waals surface area contributed by atoms with Gasteiger partial charge in [-0.1, -0.05) is 141 Å². The van der Waals surface area contributed by atoms with Gasteiger partial charge < -0.3 is 64.2 Å². The molecule has 15 nitrogen and oxygen atoms in total. The number of aliphatic hydroxyl groups is 7. The summed E-state index contributed by atoms with van der Waals surface area (Å²) in [5, 5.41) is 71.9. The third-order valence-corrected chi connectivity index (χ3v) is 11.7. The van der Waals surface area contributed by atoms with Crippen LogP contribution in [0.5, 0.6) is 0 Å². The molecule has 63 heavy (non-hydrogen) atoms. The molecule has 15 heteroatoms. The number of carbonyl (C=O) groups is 2. The average Bonchev–Trinajstić information content (AvgIpc) is 3.28. The van der Waals surface area contributed by atoms with Crippen molar-refractivity contribution in [2.75, 3.05) is 26.4 Å². The monoisotopic (exact) mass is 903 g/mol. The summed E-state index contributed by atoms with van der Waals surface area (Å²) in [6, 6.07) is 0. The van der Waals surface area contributed by atoms with E-state index in [0.717, 1.165) is 64.2 Å². The minimum atomic E-state index is -1.76. The maximum atomic E-state index is 12.9. The molecule has 2 aliphatic heterocycles. The zero-order chi connectivity index (χ0) is 46.1. The second-order valence-corrected chi connectivity index (χ2v) is 17.3. The molecule has 4 unspecified atom stereocenters. The Kier molecular flexibility index (Phi) is 32.8. The van der Waals surface area contributed by atoms with Crippen LogP contribution >= 0.6 is 0 Å². The molecule has 0 spiro atoms. The van der Waals surface area contributed by atoms with Crippen LogP contribution in [-0.4, -0.2) is 142 Å². The maximum Gasteiger partial charge on any atom is 0.306 e. The first-order valence-corrected chi connectivity index (χ1v) is 24.4. The minimum Gasteiger partial charge on any atom is -0.462 e. The van der Waals surface area contributed by atoms with Gasteiger partial charge in [-0.15, -0.1) is 0 Å². The summed E-state index contributed by atoms with van der Waals surface area (Å²) in [4.78, 5) is 25.7. The SMILES string of the molecule is CCCCC/C=C/C/C=C/CCCCCCCC(=O)OC[C@H](CO[C@@H]1O[C@H](CO[C@@H]2O[C@H](CO)[C@H](O)C(O)C2O)[C@H](O)C(O)C1O)OC(=O)CCCCCCCCCCCCCC. The molecule has 0 aliphatic carbocycles. The van der Waals surface area contributed by atoms with Crippen molar-refractivity contribution in [3.05, 3.63) is 24.3 Å². The number of esters is 2. The Morgan fingerprint density at radius 1 is 0.508 bits per heavy atom. The number of aliphatic hydroxyl groups excluding tert-OH is 7. The van der Waals surface area contributed by atoms with Crippen molar-refractivity contribution >= 4 is 11.9 Å². The van der Waals surface area contributed by atoms with E-state index in [2.05, 4.69) is 38.2 Å². The number of carbonyl (C=O) groups excluding carboxylic acids is 2. The molecule has 0 amide bonds. The predicted molar refractivity (Wildman–Crippen MR) is 238 cm³/mol. The second-order valence-electron chi connectivity index (χ2n) is 17.3. The Morgan fingerprint density at radius 2 is 0.952 bits per heavy atom. The summed E-state index contributed by atoms with van der Waals surface area (Å²) < 4.78 is 33.5. The normalized spacial score (nSPS) is 27.0. The van der Waals surface area contributed by atoms with E-state index in [4.69, 9.17) is 28.4 Å². The van der Waals surface area contributed by atoms with Crippen LogP contribution in [0, 0.1) is 0 Å². The largest absolute Gasteiger partial charge is 0.462 e. The van der Waals surface area contributed by atoms with E-state index in [0.29, 0.717) is 12.8 Å². The molecule has 11 atom stereocenters. The van der Waals surface area contributed by atoms with Crippen LogP contribution in [0.25, 0.3) is 0 Å². The van der Waals surface area contributed by atoms with Gasteiger partial charge in [0.15, 0.2) is 18.7 Å². The van der Waals surface area contributed by atoms with Crippen LogP contribution in [-0.2, 0) is 38.0 Å². The molecule has 2 fully saturated rings. The fraction of sp³-hybridized carbons (Fsp3) is 0.875. The zero-order valence-corrected chi connectivity index (χ0v) is 38.6. The summed E-state index contributed by atoms with van der Waals surface area (Å²) in [5.41, 5.74) is 0. The lowest BCUT2D eigenvalue weighted by molar-refractivity contribution is -0.332. The van der Waals surface area contributed by atoms with Gasteiger partial charge >= 0.3 is 11.9 Å². The van der Waals surface area contributed by atoms with Crippen molar-refractivity contribution in [2.45, 2.75) is 242 Å². The first-order chi connectivity index (χ1) is 30.5. The number of hydrogen-bond acceptors (Lipinski definition) is 15. The Morgan fingerprint density at radius 3 is 1.51 bits per heavy atom. The molecule has 2 saturated heterocycles. The van der Waals surface area contributed by atoms with Crippen molar-refractivity contribution in [3.63, 3.8) is 0 Å². The maximum absolute atomic E-state index is 12.9. The van der Waals surface area contributed by atoms with Crippen molar-refractivity contribution in [1.29, 1.82) is 0 Å². The van der Waals surface area contributed by atoms with Gasteiger partial charge in [0.2, 0.25) is 0 Å². The molecule has 0 bridgehead atoms. The summed E-state index contributed by atoms with van der Waals surface area (Å²) in [6.45, 7) is 2.54. The van der Waals surface area contributed by atoms with E-state index in [1.54, 1.807) is 0 Å². The zero-order valence-electron chi connectivity index (χ0n) is 38.6. The summed E-state index contributed by atoms with van der Waals surface area (Å²) >= 11 is 0. The minimum absolute atomic E-state index is 0.165. The lowest BCUT2D eigenvalue weighted by Crippen LogP contribution is -2.61. The van der Waals surface area contributed by atoms with Gasteiger partial charge in [-0.25, -0.2) is 0 Å². The Bertz CT molecular complexity index is 1200. The number of allylic oxidation sites excluding steroid dienone is 4. The average molecular weight is 903 g/mol. The van der Waals surface area contributed by atoms with Crippen LogP contribution in [0.1, 0.15) is 174 Å². The van der Waals surface area contributed by atoms with Crippen molar-refractivity contribution < 1.29 is 73.8 Å². The number of hydrogen-bond donors (Lipinski definition) is 7. The van der Waals surface area contributed by atoms with Crippen LogP contribution < -0.4 is 0 Å². The Labute approximate surface area is 377 Å². The van der Waals surface area contributed by atoms with Gasteiger partial charge in [-0.2, -0.15) is 0 Å². The van der Waals surface area contributed by atoms with Gasteiger partial charge in [0.25, 0.3) is 0 Å². The van der Waals surface area contributed by atoms with Crippen LogP contribution in [0.3, 0.4) is 0 Å². The molecule has 0 saturated carbocycles. The molecular weight excluding hydrogens is 817 g/mol. The highest BCUT2D eigenvalue weighted by molar-refractivity contribution is 5.70. The standard InChI is InChI=1S/C48H86O15/c1-3-5-7-9-11-13-15-17-18-19-21-22-24-26-28-30-39(50)58-33-36(61-40(51)31-29-27-25-23-20-16-14-12-10-8-6-4-2)34-59-47-46(57)44(55)42(53)38(63-47)35-60-48-45(56)43(54)41(52)37(32-49)62-48/h11,13,17-18,36-38,41-49,52-57H,3-10,12,14-16,19-35H2,1-2H3/b13-11+,18-17+/t36-,37-,38-,41+,42+,43?,44?,45?,46?,47-,48-/m1/s1. The van der Waals surface area contributed by atoms with E-state index < -0.39 is 92.7 Å². The highest BCUT2D eigenvalue weighted by Crippen LogP contribution is 2.26. The van der Waals surface area contributed by atoms with Gasteiger partial charge in [0.05, 0.1) is 19.8 Å². The molecule has 0 aromatic heterocycles. The van der Waals surface area contributed by atoms with Gasteiger partial charge in [0, 0.05) is 12.8 Å². The van der Waals surface area contributed by atoms with Gasteiger partial charge in [0.1, 0.15) is 55.4 Å². The molecule has 0 radical (unpaired) electrons. The van der Waals surface area contributed by atoms with Gasteiger partial charge in [-0.3, -0.25) is 9.59 Å². The fourth-order valence-electron chi connectivity index (χ4n) is 7.60. The van der Waals surface area contributed by atoms with E-state index in [1.165, 1.54) is 70.6 Å². The molecule has 7 N–H and O–H groups in total. The third kappa shape index (κ3) is 24.9. The first-order valence-electron chi connectivity index (χ1n) is 24.4. The highest BCUT2D eigenvalue weighted by atomic mass is 16.7. The molecule has 368 valence electrons. The summed E-state index contributed by atoms with van der Waals surface area (Å²) in [5.74, 6) is -0.938. The fourth-order valence-corrected chi connectivity index (χ4v) is 7.60. The summed E-state index contributed by atoms with van der Waals surface area (Å²) in [6.07, 6.45) is 17.8. The molecule has 2 aliphatic rings. The quantitative estimate of drug-likeness (QED) is 0.0216. The van der Waals surface area contributed by atoms with Crippen LogP contribution in [0.4, 0.5) is 0 Å². The van der Waals surface area contributed by atoms with Crippen LogP contribution in [0.2, 0.25) is 0 Å². The van der Waals surface area contributed by atoms with E-state index in [-0.39, 0.29) is 26.1 Å². The topological polar surface area (TPSA) is 231 Å². The van der Waals surface area contributed by atoms with E-state index >= 15 is 0 Å². The Hall–Kier alpha value is -2.02. The molecular formula is C48H86O15. The van der Waals surface area contributed by atoms with Crippen molar-refractivity contribution in [3.8, 4) is 0 Å². The van der Waals surface area contributed by atoms with Crippen molar-refractivity contribution in [1.82, 2.24) is 0 Å². The molecule has 2 rings (SSSR count). The summed E-state index contributed by atoms with van der Waals surface area (Å²) in [7, 11) is 0. The third-order valence-electron chi connectivity index (χ3n) is 11.7. The highest BCUT2D eigenvalue weighted by Gasteiger charge is 2.47. The molecule has 0 aromatic rings. The first kappa shape index (κ1) is 57.1. The number of ether oxygens (including phenoxy) is 6. The van der Waals surface area contributed by atoms with Gasteiger partial charge in [-0.05, 0) is 44.9 Å². The molecule has 2 heterocycles. The Balaban J connectivity index is 1.83. The second kappa shape index (κ2) is 36.1. The van der Waals surface area contributed by atoms with Crippen molar-refractivity contribution in [2.24, 2.45) is 0 Å². The lowest BCUT2D eigenvalue weighted by Gasteiger charge is -2.42. The van der Waals surface area contributed by atoms with Crippen LogP contribution in [0.15, 0.2) is 24.3 Å². The number of unbranched alkanes of at least 4 members (excludes halogenated alkanes) is 19. The van der Waals surface area contributed by atoms with E-state index in [9.17, 15) is 45.3 Å². The van der Waals surface area contributed by atoms with E-state index in [1.807, 2.05) is 0 Å². The number of rotatable bonds is 37. The predicted octanol–water partition coefficient (Wildman–Crippen LogP) is 5.99.